The molecule has 0 aromatic carbocycles. The molecule has 1 saturated heterocycles. The van der Waals surface area contributed by atoms with E-state index < -0.39 is 0 Å². The molecule has 0 bridgehead atoms. The minimum atomic E-state index is 0.153. The Bertz CT molecular complexity index is 281. The SMILES string of the molecule is CC(NC1CCN(C(=O)N(C)C)CC1)C1CCC1. The summed E-state index contributed by atoms with van der Waals surface area (Å²) in [6.45, 7) is 4.11. The van der Waals surface area contributed by atoms with Crippen molar-refractivity contribution >= 4 is 6.03 Å². The second-order valence-corrected chi connectivity index (χ2v) is 6.08. The summed E-state index contributed by atoms with van der Waals surface area (Å²) in [5.74, 6) is 0.895. The number of rotatable bonds is 3. The summed E-state index contributed by atoms with van der Waals surface area (Å²) >= 11 is 0. The first kappa shape index (κ1) is 13.7. The van der Waals surface area contributed by atoms with Gasteiger partial charge in [0.15, 0.2) is 0 Å². The number of nitrogens with one attached hydrogen (secondary N) is 1. The van der Waals surface area contributed by atoms with Crippen LogP contribution in [-0.2, 0) is 0 Å². The topological polar surface area (TPSA) is 35.6 Å². The van der Waals surface area contributed by atoms with E-state index >= 15 is 0 Å². The number of piperidine rings is 1. The van der Waals surface area contributed by atoms with Crippen LogP contribution in [0.2, 0.25) is 0 Å². The number of nitrogens with zero attached hydrogens (tertiary/aromatic N) is 2. The average Bonchev–Trinajstić information content (AvgIpc) is 2.26. The van der Waals surface area contributed by atoms with Gasteiger partial charge in [-0.15, -0.1) is 0 Å². The highest BCUT2D eigenvalue weighted by Gasteiger charge is 2.28. The Morgan fingerprint density at radius 1 is 1.22 bits per heavy atom. The summed E-state index contributed by atoms with van der Waals surface area (Å²) in [7, 11) is 3.65. The highest BCUT2D eigenvalue weighted by atomic mass is 16.2. The molecule has 0 aromatic heterocycles. The third kappa shape index (κ3) is 3.16. The molecule has 1 aliphatic heterocycles. The van der Waals surface area contributed by atoms with Gasteiger partial charge < -0.3 is 15.1 Å². The summed E-state index contributed by atoms with van der Waals surface area (Å²) in [6, 6.07) is 1.41. The monoisotopic (exact) mass is 253 g/mol. The van der Waals surface area contributed by atoms with Gasteiger partial charge in [-0.3, -0.25) is 0 Å². The molecule has 4 nitrogen and oxygen atoms in total. The minimum Gasteiger partial charge on any atom is -0.331 e. The lowest BCUT2D eigenvalue weighted by atomic mass is 9.80. The Kier molecular flexibility index (Phi) is 4.49. The lowest BCUT2D eigenvalue weighted by Crippen LogP contribution is -2.51. The molecule has 1 N–H and O–H groups in total. The molecule has 1 heterocycles. The molecule has 18 heavy (non-hydrogen) atoms. The number of hydrogen-bond acceptors (Lipinski definition) is 2. The fourth-order valence-corrected chi connectivity index (χ4v) is 2.97. The van der Waals surface area contributed by atoms with Crippen molar-refractivity contribution in [1.82, 2.24) is 15.1 Å². The quantitative estimate of drug-likeness (QED) is 0.834. The maximum absolute atomic E-state index is 11.8. The lowest BCUT2D eigenvalue weighted by Gasteiger charge is -2.38. The summed E-state index contributed by atoms with van der Waals surface area (Å²) in [6.07, 6.45) is 6.39. The maximum atomic E-state index is 11.8. The van der Waals surface area contributed by atoms with Crippen molar-refractivity contribution in [2.45, 2.75) is 51.1 Å². The molecule has 1 atom stereocenters. The molecule has 2 aliphatic rings. The van der Waals surface area contributed by atoms with Crippen molar-refractivity contribution in [3.8, 4) is 0 Å². The Morgan fingerprint density at radius 3 is 2.28 bits per heavy atom. The normalized spacial score (nSPS) is 23.6. The number of hydrogen-bond donors (Lipinski definition) is 1. The third-order valence-electron chi connectivity index (χ3n) is 4.50. The van der Waals surface area contributed by atoms with Gasteiger partial charge in [-0.25, -0.2) is 4.79 Å². The van der Waals surface area contributed by atoms with E-state index in [1.165, 1.54) is 19.3 Å². The average molecular weight is 253 g/mol. The number of carbonyl (C=O) groups is 1. The smallest absolute Gasteiger partial charge is 0.319 e. The zero-order valence-corrected chi connectivity index (χ0v) is 12.0. The summed E-state index contributed by atoms with van der Waals surface area (Å²) < 4.78 is 0. The van der Waals surface area contributed by atoms with Crippen LogP contribution in [0.4, 0.5) is 4.79 Å². The Labute approximate surface area is 111 Å². The van der Waals surface area contributed by atoms with E-state index in [4.69, 9.17) is 0 Å². The van der Waals surface area contributed by atoms with Crippen molar-refractivity contribution in [3.63, 3.8) is 0 Å². The molecule has 0 aromatic rings. The molecule has 1 unspecified atom stereocenters. The number of amides is 2. The molecule has 104 valence electrons. The Hall–Kier alpha value is -0.770. The van der Waals surface area contributed by atoms with Gasteiger partial charge in [0.25, 0.3) is 0 Å². The van der Waals surface area contributed by atoms with Crippen molar-refractivity contribution in [3.05, 3.63) is 0 Å². The summed E-state index contributed by atoms with van der Waals surface area (Å²) in [5.41, 5.74) is 0. The molecule has 2 fully saturated rings. The van der Waals surface area contributed by atoms with Crippen LogP contribution in [0.3, 0.4) is 0 Å². The van der Waals surface area contributed by atoms with Crippen LogP contribution in [0.1, 0.15) is 39.0 Å². The number of likely N-dealkylation sites (tertiary alicyclic amines) is 1. The van der Waals surface area contributed by atoms with Crippen LogP contribution < -0.4 is 5.32 Å². The molecule has 4 heteroatoms. The van der Waals surface area contributed by atoms with E-state index in [0.29, 0.717) is 12.1 Å². The Morgan fingerprint density at radius 2 is 1.83 bits per heavy atom. The van der Waals surface area contributed by atoms with Gasteiger partial charge in [-0.05, 0) is 38.5 Å². The first-order chi connectivity index (χ1) is 8.58. The minimum absolute atomic E-state index is 0.153. The van der Waals surface area contributed by atoms with E-state index in [-0.39, 0.29) is 6.03 Å². The summed E-state index contributed by atoms with van der Waals surface area (Å²) in [5, 5.41) is 3.76. The van der Waals surface area contributed by atoms with Crippen molar-refractivity contribution in [2.75, 3.05) is 27.2 Å². The standard InChI is InChI=1S/C14H27N3O/c1-11(12-5-4-6-12)15-13-7-9-17(10-8-13)14(18)16(2)3/h11-13,15H,4-10H2,1-3H3. The molecule has 1 aliphatic carbocycles. The van der Waals surface area contributed by atoms with Gasteiger partial charge in [0.2, 0.25) is 0 Å². The van der Waals surface area contributed by atoms with Crippen LogP contribution in [0, 0.1) is 5.92 Å². The van der Waals surface area contributed by atoms with Crippen molar-refractivity contribution in [1.29, 1.82) is 0 Å². The number of carbonyl (C=O) groups excluding carboxylic acids is 1. The van der Waals surface area contributed by atoms with Crippen LogP contribution in [0.5, 0.6) is 0 Å². The maximum Gasteiger partial charge on any atom is 0.319 e. The first-order valence-corrected chi connectivity index (χ1v) is 7.30. The second kappa shape index (κ2) is 5.91. The van der Waals surface area contributed by atoms with Gasteiger partial charge in [0, 0.05) is 39.3 Å². The fraction of sp³-hybridized carbons (Fsp3) is 0.929. The molecule has 0 spiro atoms. The number of urea groups is 1. The van der Waals surface area contributed by atoms with Crippen molar-refractivity contribution in [2.24, 2.45) is 5.92 Å². The zero-order valence-electron chi connectivity index (χ0n) is 12.0. The van der Waals surface area contributed by atoms with Gasteiger partial charge >= 0.3 is 6.03 Å². The molecule has 1 saturated carbocycles. The highest BCUT2D eigenvalue weighted by Crippen LogP contribution is 2.30. The largest absolute Gasteiger partial charge is 0.331 e. The molecule has 0 radical (unpaired) electrons. The van der Waals surface area contributed by atoms with E-state index in [0.717, 1.165) is 31.8 Å². The first-order valence-electron chi connectivity index (χ1n) is 7.30. The third-order valence-corrected chi connectivity index (χ3v) is 4.50. The van der Waals surface area contributed by atoms with Crippen LogP contribution in [-0.4, -0.2) is 55.1 Å². The van der Waals surface area contributed by atoms with E-state index in [2.05, 4.69) is 12.2 Å². The highest BCUT2D eigenvalue weighted by molar-refractivity contribution is 5.73. The van der Waals surface area contributed by atoms with Crippen LogP contribution >= 0.6 is 0 Å². The molecular weight excluding hydrogens is 226 g/mol. The van der Waals surface area contributed by atoms with Gasteiger partial charge in [-0.1, -0.05) is 6.42 Å². The van der Waals surface area contributed by atoms with Crippen LogP contribution in [0.25, 0.3) is 0 Å². The zero-order chi connectivity index (χ0) is 13.1. The van der Waals surface area contributed by atoms with Gasteiger partial charge in [0.05, 0.1) is 0 Å². The lowest BCUT2D eigenvalue weighted by molar-refractivity contribution is 0.144. The van der Waals surface area contributed by atoms with Crippen molar-refractivity contribution < 1.29 is 4.79 Å². The second-order valence-electron chi connectivity index (χ2n) is 6.08. The van der Waals surface area contributed by atoms with Crippen LogP contribution in [0.15, 0.2) is 0 Å². The van der Waals surface area contributed by atoms with E-state index in [1.807, 2.05) is 19.0 Å². The molecule has 2 rings (SSSR count). The van der Waals surface area contributed by atoms with Gasteiger partial charge in [-0.2, -0.15) is 0 Å². The van der Waals surface area contributed by atoms with E-state index in [9.17, 15) is 4.79 Å². The van der Waals surface area contributed by atoms with Gasteiger partial charge in [0.1, 0.15) is 0 Å². The van der Waals surface area contributed by atoms with E-state index in [1.54, 1.807) is 4.90 Å². The summed E-state index contributed by atoms with van der Waals surface area (Å²) in [4.78, 5) is 15.5. The Balaban J connectivity index is 1.71. The predicted molar refractivity (Wildman–Crippen MR) is 73.6 cm³/mol. The predicted octanol–water partition coefficient (Wildman–Crippen LogP) is 1.91. The molecular formula is C14H27N3O. The molecule has 2 amide bonds. The fourth-order valence-electron chi connectivity index (χ4n) is 2.97.